The summed E-state index contributed by atoms with van der Waals surface area (Å²) in [7, 11) is 1.74. The number of benzene rings is 1. The van der Waals surface area contributed by atoms with E-state index in [1.165, 1.54) is 46.5 Å². The van der Waals surface area contributed by atoms with Crippen molar-refractivity contribution in [3.63, 3.8) is 0 Å². The van der Waals surface area contributed by atoms with Gasteiger partial charge in [-0.15, -0.1) is 0 Å². The van der Waals surface area contributed by atoms with Crippen LogP contribution < -0.4 is 5.32 Å². The molecule has 9 heteroatoms. The molecule has 0 bridgehead atoms. The number of nitrogens with zero attached hydrogens (tertiary/aromatic N) is 1. The Morgan fingerprint density at radius 1 is 1.05 bits per heavy atom. The number of nitrogens with one attached hydrogen (secondary N) is 1. The molecule has 0 aliphatic heterocycles. The zero-order chi connectivity index (χ0) is 16.9. The number of methoxy groups -OCH3 is 2. The predicted octanol–water partition coefficient (Wildman–Crippen LogP) is 0.521. The van der Waals surface area contributed by atoms with Gasteiger partial charge in [-0.05, 0) is 18.2 Å². The highest BCUT2D eigenvalue weighted by Crippen LogP contribution is 2.17. The predicted molar refractivity (Wildman–Crippen MR) is 80.2 cm³/mol. The molecular formula is C13H18N2O6S. The van der Waals surface area contributed by atoms with Gasteiger partial charge in [-0.1, -0.05) is 0 Å². The summed E-state index contributed by atoms with van der Waals surface area (Å²) in [6.45, 7) is 0. The molecule has 0 heterocycles. The second-order valence-electron chi connectivity index (χ2n) is 4.50. The molecular weight excluding hydrogens is 312 g/mol. The molecule has 0 aliphatic rings. The number of anilines is 1. The smallest absolute Gasteiger partial charge is 0.337 e. The van der Waals surface area contributed by atoms with Gasteiger partial charge in [-0.25, -0.2) is 22.3 Å². The number of rotatable bonds is 6. The molecule has 8 nitrogen and oxygen atoms in total. The van der Waals surface area contributed by atoms with Crippen LogP contribution in [-0.4, -0.2) is 58.9 Å². The van der Waals surface area contributed by atoms with Gasteiger partial charge in [0, 0.05) is 19.8 Å². The first-order valence-electron chi connectivity index (χ1n) is 6.17. The number of hydrogen-bond donors (Lipinski definition) is 1. The second-order valence-corrected chi connectivity index (χ2v) is 6.68. The Labute approximate surface area is 129 Å². The van der Waals surface area contributed by atoms with Gasteiger partial charge in [-0.3, -0.25) is 0 Å². The summed E-state index contributed by atoms with van der Waals surface area (Å²) < 4.78 is 33.7. The van der Waals surface area contributed by atoms with E-state index in [4.69, 9.17) is 0 Å². The van der Waals surface area contributed by atoms with Gasteiger partial charge >= 0.3 is 11.9 Å². The summed E-state index contributed by atoms with van der Waals surface area (Å²) in [6.07, 6.45) is 0. The van der Waals surface area contributed by atoms with E-state index in [2.05, 4.69) is 14.8 Å². The monoisotopic (exact) mass is 330 g/mol. The van der Waals surface area contributed by atoms with Gasteiger partial charge in [0.05, 0.1) is 25.3 Å². The van der Waals surface area contributed by atoms with Gasteiger partial charge in [0.25, 0.3) is 0 Å². The van der Waals surface area contributed by atoms with Gasteiger partial charge < -0.3 is 14.8 Å². The third-order valence-corrected chi connectivity index (χ3v) is 4.41. The van der Waals surface area contributed by atoms with Crippen molar-refractivity contribution >= 4 is 27.6 Å². The average Bonchev–Trinajstić information content (AvgIpc) is 2.50. The first kappa shape index (κ1) is 17.9. The summed E-state index contributed by atoms with van der Waals surface area (Å²) in [5.74, 6) is -1.68. The quantitative estimate of drug-likeness (QED) is 0.759. The van der Waals surface area contributed by atoms with Crippen LogP contribution in [0.5, 0.6) is 0 Å². The van der Waals surface area contributed by atoms with Gasteiger partial charge in [0.2, 0.25) is 10.0 Å². The normalized spacial score (nSPS) is 11.1. The highest BCUT2D eigenvalue weighted by atomic mass is 32.2. The van der Waals surface area contributed by atoms with Crippen molar-refractivity contribution in [2.75, 3.05) is 39.5 Å². The molecule has 0 saturated carbocycles. The number of carbonyl (C=O) groups excluding carboxylic acids is 2. The van der Waals surface area contributed by atoms with E-state index >= 15 is 0 Å². The largest absolute Gasteiger partial charge is 0.465 e. The van der Waals surface area contributed by atoms with Crippen LogP contribution in [0.25, 0.3) is 0 Å². The highest BCUT2D eigenvalue weighted by molar-refractivity contribution is 7.89. The molecule has 0 fully saturated rings. The minimum atomic E-state index is -3.48. The summed E-state index contributed by atoms with van der Waals surface area (Å²) >= 11 is 0. The summed E-state index contributed by atoms with van der Waals surface area (Å²) in [6, 6.07) is 4.09. The maximum Gasteiger partial charge on any atom is 0.337 e. The van der Waals surface area contributed by atoms with Crippen molar-refractivity contribution in [3.05, 3.63) is 29.3 Å². The fourth-order valence-electron chi connectivity index (χ4n) is 1.50. The van der Waals surface area contributed by atoms with Gasteiger partial charge in [0.1, 0.15) is 5.88 Å². The molecule has 0 saturated heterocycles. The zero-order valence-electron chi connectivity index (χ0n) is 12.7. The lowest BCUT2D eigenvalue weighted by Gasteiger charge is -2.14. The molecule has 1 aromatic rings. The van der Waals surface area contributed by atoms with Crippen molar-refractivity contribution in [3.8, 4) is 0 Å². The van der Waals surface area contributed by atoms with E-state index in [-0.39, 0.29) is 22.7 Å². The van der Waals surface area contributed by atoms with Crippen LogP contribution in [-0.2, 0) is 19.5 Å². The van der Waals surface area contributed by atoms with Crippen LogP contribution in [0.2, 0.25) is 0 Å². The minimum Gasteiger partial charge on any atom is -0.465 e. The van der Waals surface area contributed by atoms with E-state index in [1.807, 2.05) is 0 Å². The lowest BCUT2D eigenvalue weighted by atomic mass is 10.1. The number of esters is 2. The Bertz CT molecular complexity index is 635. The Balaban J connectivity index is 3.13. The average molecular weight is 330 g/mol. The van der Waals surface area contributed by atoms with E-state index in [0.29, 0.717) is 0 Å². The molecule has 0 unspecified atom stereocenters. The molecule has 0 aliphatic carbocycles. The van der Waals surface area contributed by atoms with Crippen LogP contribution in [0, 0.1) is 0 Å². The number of hydrogen-bond acceptors (Lipinski definition) is 7. The van der Waals surface area contributed by atoms with E-state index < -0.39 is 22.0 Å². The maximum atomic E-state index is 11.7. The van der Waals surface area contributed by atoms with Crippen molar-refractivity contribution in [2.45, 2.75) is 0 Å². The number of carbonyl (C=O) groups is 2. The lowest BCUT2D eigenvalue weighted by Crippen LogP contribution is -2.28. The van der Waals surface area contributed by atoms with Gasteiger partial charge in [-0.2, -0.15) is 0 Å². The molecule has 1 aromatic carbocycles. The molecule has 0 radical (unpaired) electrons. The maximum absolute atomic E-state index is 11.7. The van der Waals surface area contributed by atoms with E-state index in [0.717, 1.165) is 4.31 Å². The Kier molecular flexibility index (Phi) is 5.89. The molecule has 122 valence electrons. The second kappa shape index (κ2) is 7.23. The minimum absolute atomic E-state index is 0.107. The highest BCUT2D eigenvalue weighted by Gasteiger charge is 2.16. The first-order chi connectivity index (χ1) is 10.2. The SMILES string of the molecule is COC(=O)c1cc(NCS(=O)(=O)N(C)C)cc(C(=O)OC)c1. The third-order valence-electron chi connectivity index (χ3n) is 2.79. The fraction of sp³-hybridized carbons (Fsp3) is 0.385. The molecule has 0 spiro atoms. The Hall–Kier alpha value is -2.13. The lowest BCUT2D eigenvalue weighted by molar-refractivity contribution is 0.0599. The standard InChI is InChI=1S/C13H18N2O6S/c1-15(2)22(18,19)8-14-11-6-9(12(16)20-3)5-10(7-11)13(17)21-4/h5-7,14H,8H2,1-4H3. The van der Waals surface area contributed by atoms with Crippen molar-refractivity contribution in [2.24, 2.45) is 0 Å². The number of sulfonamides is 1. The molecule has 1 rings (SSSR count). The third kappa shape index (κ3) is 4.43. The molecule has 0 atom stereocenters. The molecule has 0 aromatic heterocycles. The summed E-state index contributed by atoms with van der Waals surface area (Å²) in [5.41, 5.74) is 0.499. The van der Waals surface area contributed by atoms with Crippen LogP contribution in [0.1, 0.15) is 20.7 Å². The number of ether oxygens (including phenoxy) is 2. The molecule has 0 amide bonds. The fourth-order valence-corrected chi connectivity index (χ4v) is 2.11. The Morgan fingerprint density at radius 3 is 1.86 bits per heavy atom. The van der Waals surface area contributed by atoms with Gasteiger partial charge in [0.15, 0.2) is 0 Å². The molecule has 22 heavy (non-hydrogen) atoms. The zero-order valence-corrected chi connectivity index (χ0v) is 13.6. The topological polar surface area (TPSA) is 102 Å². The van der Waals surface area contributed by atoms with E-state index in [9.17, 15) is 18.0 Å². The van der Waals surface area contributed by atoms with Crippen LogP contribution >= 0.6 is 0 Å². The summed E-state index contributed by atoms with van der Waals surface area (Å²) in [5, 5.41) is 2.66. The van der Waals surface area contributed by atoms with Crippen LogP contribution in [0.15, 0.2) is 18.2 Å². The summed E-state index contributed by atoms with van der Waals surface area (Å²) in [4.78, 5) is 23.2. The van der Waals surface area contributed by atoms with E-state index in [1.54, 1.807) is 0 Å². The van der Waals surface area contributed by atoms with Crippen LogP contribution in [0.4, 0.5) is 5.69 Å². The first-order valence-corrected chi connectivity index (χ1v) is 7.78. The van der Waals surface area contributed by atoms with Crippen LogP contribution in [0.3, 0.4) is 0 Å². The Morgan fingerprint density at radius 2 is 1.50 bits per heavy atom. The molecule has 1 N–H and O–H groups in total. The van der Waals surface area contributed by atoms with Crippen molar-refractivity contribution in [1.29, 1.82) is 0 Å². The van der Waals surface area contributed by atoms with Crippen molar-refractivity contribution in [1.82, 2.24) is 4.31 Å². The van der Waals surface area contributed by atoms with Crippen molar-refractivity contribution < 1.29 is 27.5 Å².